The number of nitrogens with one attached hydrogen (secondary N) is 4. The molecule has 1 atom stereocenters. The minimum atomic E-state index is -4.06. The van der Waals surface area contributed by atoms with Crippen LogP contribution in [0.15, 0.2) is 70.6 Å². The molecule has 0 saturated carbocycles. The smallest absolute Gasteiger partial charge is 0.261 e. The van der Waals surface area contributed by atoms with Crippen LogP contribution in [0.3, 0.4) is 0 Å². The van der Waals surface area contributed by atoms with E-state index in [2.05, 4.69) is 35.2 Å². The van der Waals surface area contributed by atoms with Crippen LogP contribution in [0.5, 0.6) is 0 Å². The molecule has 11 nitrogen and oxygen atoms in total. The van der Waals surface area contributed by atoms with Crippen molar-refractivity contribution in [2.24, 2.45) is 0 Å². The van der Waals surface area contributed by atoms with Crippen molar-refractivity contribution in [2.75, 3.05) is 35.1 Å². The molecule has 4 N–H and O–H groups in total. The normalized spacial score (nSPS) is 15.3. The molecular weight excluding hydrogens is 525 g/mol. The molecule has 0 radical (unpaired) electrons. The average Bonchev–Trinajstić information content (AvgIpc) is 3.41. The second kappa shape index (κ2) is 10.7. The van der Waals surface area contributed by atoms with Gasteiger partial charge in [-0.2, -0.15) is 0 Å². The molecule has 1 aliphatic rings. The third-order valence-corrected chi connectivity index (χ3v) is 7.92. The third-order valence-electron chi connectivity index (χ3n) is 6.54. The Kier molecular flexibility index (Phi) is 7.15. The van der Waals surface area contributed by atoms with Crippen molar-refractivity contribution >= 4 is 44.2 Å². The predicted octanol–water partition coefficient (Wildman–Crippen LogP) is 2.70. The number of halogens is 1. The second-order valence-electron chi connectivity index (χ2n) is 9.08. The Morgan fingerprint density at radius 1 is 1.13 bits per heavy atom. The molecule has 202 valence electrons. The Morgan fingerprint density at radius 3 is 2.69 bits per heavy atom. The second-order valence-corrected chi connectivity index (χ2v) is 10.8. The standard InChI is InChI=1S/C26H26FN7O4S/c1-28-23-13-24(31-15-30-23)34-10-2-3-18(34)14-29-26(36)21-12-25(35)32-22-9-8-19(11-20(21)22)39(37,38)33-17-6-4-16(27)5-7-17/h4-9,11-13,15,18,33H,2-3,10,14H2,1H3,(H,29,36)(H,32,35)(H,28,30,31). The summed E-state index contributed by atoms with van der Waals surface area (Å²) in [5.41, 5.74) is 0.0615. The maximum absolute atomic E-state index is 13.3. The molecule has 1 saturated heterocycles. The van der Waals surface area contributed by atoms with Crippen molar-refractivity contribution in [2.45, 2.75) is 23.8 Å². The molecule has 1 fully saturated rings. The molecule has 39 heavy (non-hydrogen) atoms. The fourth-order valence-corrected chi connectivity index (χ4v) is 5.70. The number of anilines is 3. The SMILES string of the molecule is CNc1cc(N2CCCC2CNC(=O)c2cc(=O)[nH]c3ccc(S(=O)(=O)Nc4ccc(F)cc4)cc23)ncn1. The van der Waals surface area contributed by atoms with E-state index in [0.29, 0.717) is 17.9 Å². The number of aromatic amines is 1. The van der Waals surface area contributed by atoms with E-state index in [4.69, 9.17) is 0 Å². The molecular formula is C26H26FN7O4S. The van der Waals surface area contributed by atoms with Gasteiger partial charge in [0, 0.05) is 54.9 Å². The number of amides is 1. The van der Waals surface area contributed by atoms with Crippen LogP contribution in [0, 0.1) is 5.82 Å². The summed E-state index contributed by atoms with van der Waals surface area (Å²) in [6.45, 7) is 1.08. The van der Waals surface area contributed by atoms with Gasteiger partial charge < -0.3 is 20.5 Å². The molecule has 3 heterocycles. The van der Waals surface area contributed by atoms with Gasteiger partial charge in [0.25, 0.3) is 15.9 Å². The minimum Gasteiger partial charge on any atom is -0.373 e. The highest BCUT2D eigenvalue weighted by molar-refractivity contribution is 7.92. The number of carbonyl (C=O) groups is 1. The van der Waals surface area contributed by atoms with Gasteiger partial charge in [0.1, 0.15) is 23.8 Å². The van der Waals surface area contributed by atoms with Gasteiger partial charge in [-0.05, 0) is 55.3 Å². The van der Waals surface area contributed by atoms with Gasteiger partial charge >= 0.3 is 0 Å². The Bertz CT molecular complexity index is 1690. The topological polar surface area (TPSA) is 149 Å². The van der Waals surface area contributed by atoms with Crippen molar-refractivity contribution < 1.29 is 17.6 Å². The lowest BCUT2D eigenvalue weighted by Gasteiger charge is -2.26. The first-order chi connectivity index (χ1) is 18.7. The number of carbonyl (C=O) groups excluding carboxylic acids is 1. The molecule has 0 bridgehead atoms. The number of fused-ring (bicyclic) bond motifs is 1. The van der Waals surface area contributed by atoms with Crippen LogP contribution in [0.2, 0.25) is 0 Å². The van der Waals surface area contributed by atoms with Gasteiger partial charge in [-0.15, -0.1) is 0 Å². The van der Waals surface area contributed by atoms with Gasteiger partial charge in [0.05, 0.1) is 10.5 Å². The Morgan fingerprint density at radius 2 is 1.92 bits per heavy atom. The summed E-state index contributed by atoms with van der Waals surface area (Å²) in [4.78, 5) is 38.7. The quantitative estimate of drug-likeness (QED) is 0.261. The lowest BCUT2D eigenvalue weighted by molar-refractivity contribution is 0.0952. The van der Waals surface area contributed by atoms with E-state index in [1.54, 1.807) is 7.05 Å². The molecule has 1 amide bonds. The Hall–Kier alpha value is -4.52. The molecule has 0 spiro atoms. The van der Waals surface area contributed by atoms with E-state index in [1.807, 2.05) is 6.07 Å². The van der Waals surface area contributed by atoms with Gasteiger partial charge in [-0.25, -0.2) is 22.8 Å². The van der Waals surface area contributed by atoms with Crippen LogP contribution in [0.1, 0.15) is 23.2 Å². The van der Waals surface area contributed by atoms with E-state index in [0.717, 1.165) is 43.4 Å². The zero-order valence-electron chi connectivity index (χ0n) is 20.9. The lowest BCUT2D eigenvalue weighted by atomic mass is 10.1. The van der Waals surface area contributed by atoms with E-state index < -0.39 is 27.3 Å². The van der Waals surface area contributed by atoms with Gasteiger partial charge in [-0.3, -0.25) is 14.3 Å². The highest BCUT2D eigenvalue weighted by Gasteiger charge is 2.27. The van der Waals surface area contributed by atoms with E-state index >= 15 is 0 Å². The number of aromatic nitrogens is 3. The summed E-state index contributed by atoms with van der Waals surface area (Å²) in [5, 5.41) is 6.16. The van der Waals surface area contributed by atoms with Gasteiger partial charge in [0.15, 0.2) is 0 Å². The summed E-state index contributed by atoms with van der Waals surface area (Å²) in [6, 6.07) is 11.9. The number of sulfonamides is 1. The van der Waals surface area contributed by atoms with E-state index in [1.165, 1.54) is 36.7 Å². The van der Waals surface area contributed by atoms with Crippen LogP contribution < -0.4 is 25.8 Å². The largest absolute Gasteiger partial charge is 0.373 e. The molecule has 1 aliphatic heterocycles. The molecule has 0 aliphatic carbocycles. The third kappa shape index (κ3) is 5.67. The number of nitrogens with zero attached hydrogens (tertiary/aromatic N) is 3. The van der Waals surface area contributed by atoms with Crippen molar-refractivity contribution in [1.82, 2.24) is 20.3 Å². The van der Waals surface area contributed by atoms with Crippen molar-refractivity contribution in [3.05, 3.63) is 82.7 Å². The number of hydrogen-bond acceptors (Lipinski definition) is 8. The van der Waals surface area contributed by atoms with Crippen molar-refractivity contribution in [3.63, 3.8) is 0 Å². The summed E-state index contributed by atoms with van der Waals surface area (Å²) >= 11 is 0. The highest BCUT2D eigenvalue weighted by atomic mass is 32.2. The van der Waals surface area contributed by atoms with E-state index in [-0.39, 0.29) is 27.6 Å². The maximum atomic E-state index is 13.3. The minimum absolute atomic E-state index is 0.0161. The van der Waals surface area contributed by atoms with Crippen LogP contribution >= 0.6 is 0 Å². The molecule has 5 rings (SSSR count). The predicted molar refractivity (Wildman–Crippen MR) is 146 cm³/mol. The number of rotatable bonds is 8. The molecule has 4 aromatic rings. The number of pyridine rings is 1. The molecule has 13 heteroatoms. The zero-order valence-corrected chi connectivity index (χ0v) is 21.8. The first kappa shape index (κ1) is 26.1. The maximum Gasteiger partial charge on any atom is 0.261 e. The monoisotopic (exact) mass is 551 g/mol. The number of hydrogen-bond donors (Lipinski definition) is 4. The lowest BCUT2D eigenvalue weighted by Crippen LogP contribution is -2.40. The van der Waals surface area contributed by atoms with Crippen LogP contribution in [0.4, 0.5) is 21.7 Å². The Balaban J connectivity index is 1.38. The molecule has 2 aromatic carbocycles. The summed E-state index contributed by atoms with van der Waals surface area (Å²) in [7, 11) is -2.29. The van der Waals surface area contributed by atoms with Crippen LogP contribution in [-0.4, -0.2) is 55.5 Å². The first-order valence-corrected chi connectivity index (χ1v) is 13.7. The van der Waals surface area contributed by atoms with Crippen molar-refractivity contribution in [3.8, 4) is 0 Å². The van der Waals surface area contributed by atoms with Gasteiger partial charge in [0.2, 0.25) is 5.56 Å². The number of benzene rings is 2. The number of H-pyrrole nitrogens is 1. The molecule has 1 unspecified atom stereocenters. The van der Waals surface area contributed by atoms with Crippen molar-refractivity contribution in [1.29, 1.82) is 0 Å². The summed E-state index contributed by atoms with van der Waals surface area (Å²) in [5.74, 6) is 0.432. The van der Waals surface area contributed by atoms with Gasteiger partial charge in [-0.1, -0.05) is 0 Å². The van der Waals surface area contributed by atoms with Crippen LogP contribution in [-0.2, 0) is 10.0 Å². The summed E-state index contributed by atoms with van der Waals surface area (Å²) < 4.78 is 41.6. The average molecular weight is 552 g/mol. The van der Waals surface area contributed by atoms with E-state index in [9.17, 15) is 22.4 Å². The molecule has 2 aromatic heterocycles. The van der Waals surface area contributed by atoms with Crippen LogP contribution in [0.25, 0.3) is 10.9 Å². The highest BCUT2D eigenvalue weighted by Crippen LogP contribution is 2.25. The zero-order chi connectivity index (χ0) is 27.6. The fraction of sp³-hybridized carbons (Fsp3) is 0.231. The Labute approximate surface area is 223 Å². The fourth-order valence-electron chi connectivity index (χ4n) is 4.62. The summed E-state index contributed by atoms with van der Waals surface area (Å²) in [6.07, 6.45) is 3.25. The first-order valence-electron chi connectivity index (χ1n) is 12.2.